The van der Waals surface area contributed by atoms with Gasteiger partial charge >= 0.3 is 6.18 Å². The summed E-state index contributed by atoms with van der Waals surface area (Å²) >= 11 is 0. The first kappa shape index (κ1) is 12.4. The molecular formula is C12H14F3NO. The number of likely N-dealkylation sites (tertiary alicyclic amines) is 1. The van der Waals surface area contributed by atoms with Gasteiger partial charge in [0.2, 0.25) is 0 Å². The second kappa shape index (κ2) is 4.66. The fourth-order valence-corrected chi connectivity index (χ4v) is 1.92. The van der Waals surface area contributed by atoms with Crippen molar-refractivity contribution in [1.29, 1.82) is 0 Å². The van der Waals surface area contributed by atoms with E-state index in [4.69, 9.17) is 5.11 Å². The average molecular weight is 245 g/mol. The molecule has 1 aliphatic rings. The fraction of sp³-hybridized carbons (Fsp3) is 0.500. The zero-order valence-electron chi connectivity index (χ0n) is 9.24. The maximum atomic E-state index is 12.5. The number of β-amino-alcohol motifs (C(OH)–C–C–N with tert-alkyl or cyclic N) is 1. The Balaban J connectivity index is 1.92. The number of rotatable bonds is 3. The van der Waals surface area contributed by atoms with Gasteiger partial charge in [0.25, 0.3) is 0 Å². The summed E-state index contributed by atoms with van der Waals surface area (Å²) in [5.41, 5.74) is 0.0832. The van der Waals surface area contributed by atoms with Gasteiger partial charge in [-0.25, -0.2) is 0 Å². The van der Waals surface area contributed by atoms with Gasteiger partial charge in [-0.1, -0.05) is 18.2 Å². The minimum atomic E-state index is -4.27. The summed E-state index contributed by atoms with van der Waals surface area (Å²) in [5, 5.41) is 9.08. The van der Waals surface area contributed by atoms with Gasteiger partial charge in [-0.3, -0.25) is 4.90 Å². The Labute approximate surface area is 97.7 Å². The highest BCUT2D eigenvalue weighted by Gasteiger charge is 2.30. The quantitative estimate of drug-likeness (QED) is 0.879. The molecule has 0 spiro atoms. The van der Waals surface area contributed by atoms with Crippen LogP contribution in [-0.4, -0.2) is 35.7 Å². The van der Waals surface area contributed by atoms with Crippen LogP contribution in [0, 0.1) is 0 Å². The molecule has 2 rings (SSSR count). The summed E-state index contributed by atoms with van der Waals surface area (Å²) in [7, 11) is 0. The Morgan fingerprint density at radius 1 is 1.29 bits per heavy atom. The third-order valence-electron chi connectivity index (χ3n) is 2.91. The zero-order valence-corrected chi connectivity index (χ0v) is 9.24. The highest BCUT2D eigenvalue weighted by Crippen LogP contribution is 2.29. The van der Waals surface area contributed by atoms with Crippen LogP contribution >= 0.6 is 0 Å². The molecule has 0 unspecified atom stereocenters. The van der Waals surface area contributed by atoms with Gasteiger partial charge < -0.3 is 5.11 Å². The van der Waals surface area contributed by atoms with Crippen molar-refractivity contribution in [2.24, 2.45) is 0 Å². The normalized spacial score (nSPS) is 18.1. The molecule has 17 heavy (non-hydrogen) atoms. The van der Waals surface area contributed by atoms with Gasteiger partial charge in [-0.2, -0.15) is 13.2 Å². The van der Waals surface area contributed by atoms with Crippen LogP contribution in [0.3, 0.4) is 0 Å². The van der Waals surface area contributed by atoms with Crippen LogP contribution in [-0.2, 0) is 12.6 Å². The molecule has 1 aliphatic heterocycles. The summed E-state index contributed by atoms with van der Waals surface area (Å²) in [6.07, 6.45) is -3.96. The Bertz CT molecular complexity index is 386. The monoisotopic (exact) mass is 245 g/mol. The largest absolute Gasteiger partial charge is 0.416 e. The third kappa shape index (κ3) is 3.20. The molecule has 1 aromatic carbocycles. The topological polar surface area (TPSA) is 23.5 Å². The Kier molecular flexibility index (Phi) is 3.40. The number of halogens is 3. The van der Waals surface area contributed by atoms with Crippen LogP contribution in [0.5, 0.6) is 0 Å². The molecule has 0 aliphatic carbocycles. The maximum Gasteiger partial charge on any atom is 0.416 e. The van der Waals surface area contributed by atoms with Crippen LogP contribution in [0.25, 0.3) is 0 Å². The maximum absolute atomic E-state index is 12.5. The van der Waals surface area contributed by atoms with Crippen LogP contribution in [0.1, 0.15) is 11.1 Å². The molecule has 1 aromatic rings. The lowest BCUT2D eigenvalue weighted by Gasteiger charge is -2.35. The van der Waals surface area contributed by atoms with E-state index in [1.807, 2.05) is 4.90 Å². The number of aliphatic hydroxyl groups is 1. The first-order chi connectivity index (χ1) is 7.95. The van der Waals surface area contributed by atoms with Crippen molar-refractivity contribution >= 4 is 0 Å². The van der Waals surface area contributed by atoms with E-state index < -0.39 is 11.7 Å². The van der Waals surface area contributed by atoms with E-state index in [1.54, 1.807) is 6.07 Å². The SMILES string of the molecule is OC1CN(CCc2cccc(C(F)(F)F)c2)C1. The fourth-order valence-electron chi connectivity index (χ4n) is 1.92. The van der Waals surface area contributed by atoms with Crippen molar-refractivity contribution in [3.8, 4) is 0 Å². The summed E-state index contributed by atoms with van der Waals surface area (Å²) in [5.74, 6) is 0. The minimum Gasteiger partial charge on any atom is -0.390 e. The molecule has 1 heterocycles. The lowest BCUT2D eigenvalue weighted by Crippen LogP contribution is -2.51. The van der Waals surface area contributed by atoms with Gasteiger partial charge in [-0.05, 0) is 18.1 Å². The predicted molar refractivity (Wildman–Crippen MR) is 57.6 cm³/mol. The van der Waals surface area contributed by atoms with E-state index >= 15 is 0 Å². The molecule has 5 heteroatoms. The standard InChI is InChI=1S/C12H14F3NO/c13-12(14,15)10-3-1-2-9(6-10)4-5-16-7-11(17)8-16/h1-3,6,11,17H,4-5,7-8H2. The molecule has 0 radical (unpaired) electrons. The first-order valence-electron chi connectivity index (χ1n) is 5.52. The summed E-state index contributed by atoms with van der Waals surface area (Å²) < 4.78 is 37.4. The predicted octanol–water partition coefficient (Wildman–Crippen LogP) is 1.92. The van der Waals surface area contributed by atoms with Crippen LogP contribution in [0.4, 0.5) is 13.2 Å². The van der Waals surface area contributed by atoms with E-state index in [1.165, 1.54) is 12.1 Å². The Morgan fingerprint density at radius 3 is 2.59 bits per heavy atom. The van der Waals surface area contributed by atoms with E-state index in [-0.39, 0.29) is 6.10 Å². The van der Waals surface area contributed by atoms with Gasteiger partial charge in [0.05, 0.1) is 11.7 Å². The molecule has 0 bridgehead atoms. The summed E-state index contributed by atoms with van der Waals surface area (Å²) in [6.45, 7) is 1.94. The van der Waals surface area contributed by atoms with E-state index in [9.17, 15) is 13.2 Å². The van der Waals surface area contributed by atoms with Gasteiger partial charge in [0.15, 0.2) is 0 Å². The number of hydrogen-bond acceptors (Lipinski definition) is 2. The highest BCUT2D eigenvalue weighted by atomic mass is 19.4. The second-order valence-electron chi connectivity index (χ2n) is 4.36. The second-order valence-corrected chi connectivity index (χ2v) is 4.36. The number of alkyl halides is 3. The molecule has 0 atom stereocenters. The molecule has 0 saturated carbocycles. The third-order valence-corrected chi connectivity index (χ3v) is 2.91. The van der Waals surface area contributed by atoms with Crippen molar-refractivity contribution in [2.75, 3.05) is 19.6 Å². The smallest absolute Gasteiger partial charge is 0.390 e. The van der Waals surface area contributed by atoms with Crippen molar-refractivity contribution in [2.45, 2.75) is 18.7 Å². The van der Waals surface area contributed by atoms with Gasteiger partial charge in [-0.15, -0.1) is 0 Å². The molecule has 1 saturated heterocycles. The van der Waals surface area contributed by atoms with E-state index in [0.717, 1.165) is 6.07 Å². The number of hydrogen-bond donors (Lipinski definition) is 1. The van der Waals surface area contributed by atoms with Crippen molar-refractivity contribution in [3.05, 3.63) is 35.4 Å². The summed E-state index contributed by atoms with van der Waals surface area (Å²) in [6, 6.07) is 5.40. The average Bonchev–Trinajstić information content (AvgIpc) is 2.22. The first-order valence-corrected chi connectivity index (χ1v) is 5.52. The molecule has 94 valence electrons. The zero-order chi connectivity index (χ0) is 12.5. The van der Waals surface area contributed by atoms with Gasteiger partial charge in [0.1, 0.15) is 0 Å². The van der Waals surface area contributed by atoms with Crippen molar-refractivity contribution < 1.29 is 18.3 Å². The number of aliphatic hydroxyl groups excluding tert-OH is 1. The van der Waals surface area contributed by atoms with Crippen molar-refractivity contribution in [3.63, 3.8) is 0 Å². The lowest BCUT2D eigenvalue weighted by molar-refractivity contribution is -0.137. The molecule has 2 nitrogen and oxygen atoms in total. The van der Waals surface area contributed by atoms with Crippen LogP contribution in [0.15, 0.2) is 24.3 Å². The van der Waals surface area contributed by atoms with Crippen LogP contribution < -0.4 is 0 Å². The molecule has 1 fully saturated rings. The molecule has 0 amide bonds. The Hall–Kier alpha value is -1.07. The highest BCUT2D eigenvalue weighted by molar-refractivity contribution is 5.25. The molecule has 1 N–H and O–H groups in total. The number of nitrogens with zero attached hydrogens (tertiary/aromatic N) is 1. The van der Waals surface area contributed by atoms with Gasteiger partial charge in [0, 0.05) is 19.6 Å². The number of benzene rings is 1. The van der Waals surface area contributed by atoms with E-state index in [0.29, 0.717) is 31.6 Å². The van der Waals surface area contributed by atoms with Crippen molar-refractivity contribution in [1.82, 2.24) is 4.90 Å². The summed E-state index contributed by atoms with van der Waals surface area (Å²) in [4.78, 5) is 2.02. The van der Waals surface area contributed by atoms with E-state index in [2.05, 4.69) is 0 Å². The van der Waals surface area contributed by atoms with Crippen LogP contribution in [0.2, 0.25) is 0 Å². The molecular weight excluding hydrogens is 231 g/mol. The minimum absolute atomic E-state index is 0.267. The molecule has 0 aromatic heterocycles. The Morgan fingerprint density at radius 2 is 2.00 bits per heavy atom. The lowest BCUT2D eigenvalue weighted by atomic mass is 10.1.